The van der Waals surface area contributed by atoms with Crippen LogP contribution in [0.3, 0.4) is 0 Å². The van der Waals surface area contributed by atoms with Crippen molar-refractivity contribution in [3.8, 4) is 0 Å². The van der Waals surface area contributed by atoms with Gasteiger partial charge in [0, 0.05) is 45.3 Å². The Morgan fingerprint density at radius 2 is 1.92 bits per heavy atom. The van der Waals surface area contributed by atoms with Gasteiger partial charge in [0.1, 0.15) is 0 Å². The van der Waals surface area contributed by atoms with Gasteiger partial charge in [-0.15, -0.1) is 0 Å². The minimum atomic E-state index is -3.66. The second-order valence-corrected chi connectivity index (χ2v) is 10.2. The first-order valence-electron chi connectivity index (χ1n) is 7.73. The van der Waals surface area contributed by atoms with Crippen LogP contribution < -0.4 is 0 Å². The highest BCUT2D eigenvalue weighted by Crippen LogP contribution is 2.28. The van der Waals surface area contributed by atoms with Gasteiger partial charge in [-0.05, 0) is 6.42 Å². The summed E-state index contributed by atoms with van der Waals surface area (Å²) >= 11 is 0. The molecule has 0 spiro atoms. The number of imidazole rings is 1. The zero-order valence-corrected chi connectivity index (χ0v) is 15.3. The van der Waals surface area contributed by atoms with Gasteiger partial charge in [0.25, 0.3) is 10.0 Å². The van der Waals surface area contributed by atoms with E-state index in [2.05, 4.69) is 4.98 Å². The molecule has 3 heterocycles. The summed E-state index contributed by atoms with van der Waals surface area (Å²) in [5.41, 5.74) is 0. The molecule has 24 heavy (non-hydrogen) atoms. The lowest BCUT2D eigenvalue weighted by Crippen LogP contribution is -2.49. The Labute approximate surface area is 142 Å². The third-order valence-electron chi connectivity index (χ3n) is 4.52. The zero-order chi connectivity index (χ0) is 17.5. The highest BCUT2D eigenvalue weighted by molar-refractivity contribution is 7.89. The van der Waals surface area contributed by atoms with Gasteiger partial charge in [-0.3, -0.25) is 0 Å². The Balaban J connectivity index is 1.75. The van der Waals surface area contributed by atoms with E-state index >= 15 is 0 Å². The van der Waals surface area contributed by atoms with E-state index in [0.29, 0.717) is 26.1 Å². The van der Waals surface area contributed by atoms with E-state index in [0.717, 1.165) is 0 Å². The maximum atomic E-state index is 12.7. The fourth-order valence-corrected chi connectivity index (χ4v) is 5.47. The van der Waals surface area contributed by atoms with E-state index in [9.17, 15) is 16.8 Å². The van der Waals surface area contributed by atoms with Crippen LogP contribution in [0, 0.1) is 5.92 Å². The minimum absolute atomic E-state index is 0.00240. The second-order valence-electron chi connectivity index (χ2n) is 6.32. The van der Waals surface area contributed by atoms with E-state index < -0.39 is 20.0 Å². The largest absolute Gasteiger partial charge is 0.375 e. The van der Waals surface area contributed by atoms with Crippen LogP contribution in [0.1, 0.15) is 6.42 Å². The number of aryl methyl sites for hydroxylation is 1. The van der Waals surface area contributed by atoms with Crippen LogP contribution in [-0.2, 0) is 31.8 Å². The molecule has 136 valence electrons. The third-order valence-corrected chi connectivity index (χ3v) is 7.54. The quantitative estimate of drug-likeness (QED) is 0.675. The van der Waals surface area contributed by atoms with Crippen molar-refractivity contribution in [3.63, 3.8) is 0 Å². The molecule has 0 unspecified atom stereocenters. The molecule has 11 heteroatoms. The normalized spacial score (nSPS) is 27.6. The van der Waals surface area contributed by atoms with E-state index in [1.807, 2.05) is 0 Å². The van der Waals surface area contributed by atoms with Crippen LogP contribution in [-0.4, -0.2) is 80.1 Å². The molecular formula is C13H22N4O5S2. The Kier molecular flexibility index (Phi) is 4.73. The summed E-state index contributed by atoms with van der Waals surface area (Å²) in [6, 6.07) is 0. The maximum absolute atomic E-state index is 12.7. The topological polar surface area (TPSA) is 102 Å². The van der Waals surface area contributed by atoms with Gasteiger partial charge in [-0.2, -0.15) is 8.61 Å². The molecule has 2 atom stereocenters. The van der Waals surface area contributed by atoms with E-state index in [4.69, 9.17) is 4.74 Å². The molecule has 9 nitrogen and oxygen atoms in total. The van der Waals surface area contributed by atoms with E-state index in [1.54, 1.807) is 11.6 Å². The number of hydrogen-bond donors (Lipinski definition) is 0. The SMILES string of the molecule is Cn1cnc(S(=O)(=O)N2CC[C@@H]3CN(S(C)(=O)=O)CCO[C@@H]3C2)c1. The fraction of sp³-hybridized carbons (Fsp3) is 0.769. The molecule has 0 radical (unpaired) electrons. The van der Waals surface area contributed by atoms with Gasteiger partial charge < -0.3 is 9.30 Å². The summed E-state index contributed by atoms with van der Waals surface area (Å²) in [6.45, 7) is 1.51. The first-order valence-corrected chi connectivity index (χ1v) is 11.0. The van der Waals surface area contributed by atoms with Crippen LogP contribution >= 0.6 is 0 Å². The number of piperidine rings is 1. The zero-order valence-electron chi connectivity index (χ0n) is 13.7. The number of fused-ring (bicyclic) bond motifs is 1. The van der Waals surface area contributed by atoms with Crippen molar-refractivity contribution in [2.75, 3.05) is 39.0 Å². The molecule has 2 aliphatic heterocycles. The van der Waals surface area contributed by atoms with E-state index in [-0.39, 0.29) is 30.2 Å². The molecule has 2 saturated heterocycles. The number of aromatic nitrogens is 2. The molecule has 0 bridgehead atoms. The summed E-state index contributed by atoms with van der Waals surface area (Å²) in [5, 5.41) is 0.0230. The van der Waals surface area contributed by atoms with Crippen molar-refractivity contribution in [2.45, 2.75) is 17.6 Å². The van der Waals surface area contributed by atoms with Crippen LogP contribution in [0.2, 0.25) is 0 Å². The average Bonchev–Trinajstić information content (AvgIpc) is 2.82. The lowest BCUT2D eigenvalue weighted by molar-refractivity contribution is -0.00188. The molecule has 0 amide bonds. The summed E-state index contributed by atoms with van der Waals surface area (Å²) in [6.07, 6.45) is 4.37. The molecule has 2 fully saturated rings. The molecule has 0 aromatic carbocycles. The molecule has 0 aliphatic carbocycles. The minimum Gasteiger partial charge on any atom is -0.375 e. The number of ether oxygens (including phenoxy) is 1. The Morgan fingerprint density at radius 3 is 2.54 bits per heavy atom. The van der Waals surface area contributed by atoms with E-state index in [1.165, 1.54) is 27.4 Å². The summed E-state index contributed by atoms with van der Waals surface area (Å²) in [4.78, 5) is 3.93. The highest BCUT2D eigenvalue weighted by Gasteiger charge is 2.40. The second kappa shape index (κ2) is 6.37. The van der Waals surface area contributed by atoms with Crippen LogP contribution in [0.4, 0.5) is 0 Å². The molecule has 2 aliphatic rings. The highest BCUT2D eigenvalue weighted by atomic mass is 32.2. The predicted octanol–water partition coefficient (Wildman–Crippen LogP) is -0.909. The van der Waals surface area contributed by atoms with Crippen molar-refractivity contribution >= 4 is 20.0 Å². The van der Waals surface area contributed by atoms with Gasteiger partial charge in [0.15, 0.2) is 5.03 Å². The smallest absolute Gasteiger partial charge is 0.262 e. The van der Waals surface area contributed by atoms with Crippen LogP contribution in [0.5, 0.6) is 0 Å². The summed E-state index contributed by atoms with van der Waals surface area (Å²) in [7, 11) is -5.21. The lowest BCUT2D eigenvalue weighted by atomic mass is 9.95. The van der Waals surface area contributed by atoms with Gasteiger partial charge >= 0.3 is 0 Å². The van der Waals surface area contributed by atoms with Gasteiger partial charge in [0.2, 0.25) is 10.0 Å². The molecular weight excluding hydrogens is 356 g/mol. The Hall–Kier alpha value is -1.01. The monoisotopic (exact) mass is 378 g/mol. The summed E-state index contributed by atoms with van der Waals surface area (Å²) < 4.78 is 59.1. The number of sulfonamides is 2. The van der Waals surface area contributed by atoms with Crippen molar-refractivity contribution in [1.82, 2.24) is 18.2 Å². The number of nitrogens with zero attached hydrogens (tertiary/aromatic N) is 4. The predicted molar refractivity (Wildman–Crippen MR) is 86.2 cm³/mol. The lowest BCUT2D eigenvalue weighted by Gasteiger charge is -2.36. The first kappa shape index (κ1) is 17.8. The molecule has 1 aromatic heterocycles. The third kappa shape index (κ3) is 3.49. The number of rotatable bonds is 3. The molecule has 1 aromatic rings. The molecule has 3 rings (SSSR count). The van der Waals surface area contributed by atoms with Crippen molar-refractivity contribution in [1.29, 1.82) is 0 Å². The maximum Gasteiger partial charge on any atom is 0.262 e. The Bertz CT molecular complexity index is 804. The standard InChI is InChI=1S/C13H22N4O5S2/c1-15-9-13(14-10-15)24(20,21)17-4-3-11-7-16(23(2,18)19)5-6-22-12(11)8-17/h9-12H,3-8H2,1-2H3/t11-,12-/m1/s1. The van der Waals surface area contributed by atoms with Gasteiger partial charge in [-0.1, -0.05) is 0 Å². The molecule has 0 saturated carbocycles. The van der Waals surface area contributed by atoms with Crippen molar-refractivity contribution in [3.05, 3.63) is 12.5 Å². The number of hydrogen-bond acceptors (Lipinski definition) is 6. The Morgan fingerprint density at radius 1 is 1.17 bits per heavy atom. The fourth-order valence-electron chi connectivity index (χ4n) is 3.17. The molecule has 0 N–H and O–H groups in total. The van der Waals surface area contributed by atoms with Gasteiger partial charge in [0.05, 0.1) is 25.3 Å². The van der Waals surface area contributed by atoms with Crippen molar-refractivity contribution in [2.24, 2.45) is 13.0 Å². The average molecular weight is 378 g/mol. The van der Waals surface area contributed by atoms with Crippen molar-refractivity contribution < 1.29 is 21.6 Å². The van der Waals surface area contributed by atoms with Crippen LogP contribution in [0.25, 0.3) is 0 Å². The van der Waals surface area contributed by atoms with Crippen LogP contribution in [0.15, 0.2) is 17.6 Å². The van der Waals surface area contributed by atoms with Gasteiger partial charge in [-0.25, -0.2) is 21.8 Å². The summed E-state index contributed by atoms with van der Waals surface area (Å²) in [5.74, 6) is -0.00240. The first-order chi connectivity index (χ1) is 11.2.